The zero-order valence-electron chi connectivity index (χ0n) is 13.7. The van der Waals surface area contributed by atoms with Crippen LogP contribution < -0.4 is 0 Å². The Morgan fingerprint density at radius 3 is 2.64 bits per heavy atom. The lowest BCUT2D eigenvalue weighted by Gasteiger charge is -2.39. The van der Waals surface area contributed by atoms with Crippen molar-refractivity contribution in [3.8, 4) is 0 Å². The van der Waals surface area contributed by atoms with E-state index in [1.165, 1.54) is 6.26 Å². The van der Waals surface area contributed by atoms with E-state index in [0.717, 1.165) is 0 Å². The van der Waals surface area contributed by atoms with Crippen molar-refractivity contribution in [2.75, 3.05) is 26.2 Å². The lowest BCUT2D eigenvalue weighted by Crippen LogP contribution is -2.55. The first-order valence-electron chi connectivity index (χ1n) is 7.55. The van der Waals surface area contributed by atoms with Crippen molar-refractivity contribution in [1.82, 2.24) is 9.80 Å². The van der Waals surface area contributed by atoms with E-state index in [0.29, 0.717) is 31.9 Å². The highest BCUT2D eigenvalue weighted by molar-refractivity contribution is 5.95. The van der Waals surface area contributed by atoms with Crippen LogP contribution in [0.5, 0.6) is 0 Å². The van der Waals surface area contributed by atoms with Crippen molar-refractivity contribution in [2.45, 2.75) is 39.3 Å². The number of piperazine rings is 1. The highest BCUT2D eigenvalue weighted by atomic mass is 16.6. The first-order valence-corrected chi connectivity index (χ1v) is 7.55. The molecule has 1 aromatic rings. The molecule has 1 fully saturated rings. The highest BCUT2D eigenvalue weighted by Crippen LogP contribution is 2.15. The van der Waals surface area contributed by atoms with Gasteiger partial charge >= 0.3 is 6.09 Å². The van der Waals surface area contributed by atoms with Crippen molar-refractivity contribution in [2.24, 2.45) is 0 Å². The zero-order valence-corrected chi connectivity index (χ0v) is 13.7. The number of Topliss-reactive ketones (excluding diaryl/α,β-unsaturated/α-hetero) is 1. The third-order valence-electron chi connectivity index (χ3n) is 3.56. The predicted molar refractivity (Wildman–Crippen MR) is 81.9 cm³/mol. The maximum Gasteiger partial charge on any atom is 0.410 e. The molecule has 0 unspecified atom stereocenters. The molecule has 1 aliphatic rings. The van der Waals surface area contributed by atoms with E-state index in [1.807, 2.05) is 27.7 Å². The number of nitrogens with zero attached hydrogens (tertiary/aromatic N) is 2. The molecule has 0 aliphatic carbocycles. The number of hydrogen-bond acceptors (Lipinski definition) is 5. The molecule has 2 rings (SSSR count). The first kappa shape index (κ1) is 16.5. The fourth-order valence-corrected chi connectivity index (χ4v) is 2.42. The van der Waals surface area contributed by atoms with Crippen molar-refractivity contribution >= 4 is 11.9 Å². The first-order chi connectivity index (χ1) is 10.3. The molecule has 6 heteroatoms. The molecular formula is C16H24N2O4. The lowest BCUT2D eigenvalue weighted by atomic mass is 10.1. The Balaban J connectivity index is 1.87. The fraction of sp³-hybridized carbons (Fsp3) is 0.625. The number of ketones is 1. The SMILES string of the molecule is C[C@H]1CN(C(=O)OC(C)(C)C)CCN1CC(=O)c1ccco1. The maximum absolute atomic E-state index is 12.1. The van der Waals surface area contributed by atoms with Gasteiger partial charge in [0.05, 0.1) is 12.8 Å². The summed E-state index contributed by atoms with van der Waals surface area (Å²) in [7, 11) is 0. The molecule has 0 bridgehead atoms. The number of carbonyl (C=O) groups is 2. The average Bonchev–Trinajstić information content (AvgIpc) is 2.93. The normalized spacial score (nSPS) is 20.0. The predicted octanol–water partition coefficient (Wildman–Crippen LogP) is 2.40. The van der Waals surface area contributed by atoms with E-state index in [2.05, 4.69) is 4.90 Å². The molecule has 0 spiro atoms. The molecule has 1 amide bonds. The van der Waals surface area contributed by atoms with E-state index >= 15 is 0 Å². The molecule has 0 aromatic carbocycles. The Hall–Kier alpha value is -1.82. The minimum atomic E-state index is -0.493. The van der Waals surface area contributed by atoms with Gasteiger partial charge in [-0.25, -0.2) is 4.79 Å². The second kappa shape index (κ2) is 6.52. The minimum absolute atomic E-state index is 0.0393. The van der Waals surface area contributed by atoms with Gasteiger partial charge in [-0.05, 0) is 39.8 Å². The van der Waals surface area contributed by atoms with Crippen molar-refractivity contribution < 1.29 is 18.7 Å². The molecule has 0 saturated carbocycles. The van der Waals surface area contributed by atoms with Crippen molar-refractivity contribution in [3.63, 3.8) is 0 Å². The number of rotatable bonds is 3. The average molecular weight is 308 g/mol. The summed E-state index contributed by atoms with van der Waals surface area (Å²) >= 11 is 0. The van der Waals surface area contributed by atoms with Crippen LogP contribution in [0.1, 0.15) is 38.2 Å². The summed E-state index contributed by atoms with van der Waals surface area (Å²) < 4.78 is 10.5. The van der Waals surface area contributed by atoms with E-state index in [9.17, 15) is 9.59 Å². The maximum atomic E-state index is 12.1. The van der Waals surface area contributed by atoms with Gasteiger partial charge in [0.25, 0.3) is 0 Å². The largest absolute Gasteiger partial charge is 0.461 e. The number of amides is 1. The highest BCUT2D eigenvalue weighted by Gasteiger charge is 2.30. The molecule has 2 heterocycles. The second-order valence-corrected chi connectivity index (χ2v) is 6.65. The molecular weight excluding hydrogens is 284 g/mol. The zero-order chi connectivity index (χ0) is 16.3. The minimum Gasteiger partial charge on any atom is -0.461 e. The summed E-state index contributed by atoms with van der Waals surface area (Å²) in [4.78, 5) is 27.9. The Morgan fingerprint density at radius 2 is 2.09 bits per heavy atom. The van der Waals surface area contributed by atoms with Gasteiger partial charge in [-0.2, -0.15) is 0 Å². The number of hydrogen-bond donors (Lipinski definition) is 0. The van der Waals surface area contributed by atoms with Crippen molar-refractivity contribution in [3.05, 3.63) is 24.2 Å². The molecule has 1 saturated heterocycles. The summed E-state index contributed by atoms with van der Waals surface area (Å²) in [5.41, 5.74) is -0.493. The second-order valence-electron chi connectivity index (χ2n) is 6.65. The van der Waals surface area contributed by atoms with Gasteiger partial charge in [0.2, 0.25) is 5.78 Å². The Morgan fingerprint density at radius 1 is 1.36 bits per heavy atom. The Bertz CT molecular complexity index is 519. The van der Waals surface area contributed by atoms with Gasteiger partial charge in [0.15, 0.2) is 5.76 Å². The van der Waals surface area contributed by atoms with E-state index in [-0.39, 0.29) is 17.9 Å². The van der Waals surface area contributed by atoms with Crippen LogP contribution in [0, 0.1) is 0 Å². The van der Waals surface area contributed by atoms with Gasteiger partial charge in [0.1, 0.15) is 5.60 Å². The van der Waals surface area contributed by atoms with E-state index in [1.54, 1.807) is 17.0 Å². The quantitative estimate of drug-likeness (QED) is 0.802. The van der Waals surface area contributed by atoms with Crippen LogP contribution in [0.2, 0.25) is 0 Å². The van der Waals surface area contributed by atoms with Crippen LogP contribution in [0.15, 0.2) is 22.8 Å². The van der Waals surface area contributed by atoms with Gasteiger partial charge in [-0.1, -0.05) is 0 Å². The third-order valence-corrected chi connectivity index (χ3v) is 3.56. The summed E-state index contributed by atoms with van der Waals surface area (Å²) in [6, 6.07) is 3.47. The van der Waals surface area contributed by atoms with Gasteiger partial charge in [-0.15, -0.1) is 0 Å². The molecule has 1 atom stereocenters. The third kappa shape index (κ3) is 4.34. The van der Waals surface area contributed by atoms with Crippen LogP contribution in [0.3, 0.4) is 0 Å². The molecule has 122 valence electrons. The number of carbonyl (C=O) groups excluding carboxylic acids is 2. The lowest BCUT2D eigenvalue weighted by molar-refractivity contribution is 0.00646. The summed E-state index contributed by atoms with van der Waals surface area (Å²) in [5, 5.41) is 0. The molecule has 1 aliphatic heterocycles. The smallest absolute Gasteiger partial charge is 0.410 e. The van der Waals surface area contributed by atoms with E-state index < -0.39 is 5.60 Å². The van der Waals surface area contributed by atoms with Gasteiger partial charge < -0.3 is 14.1 Å². The van der Waals surface area contributed by atoms with Gasteiger partial charge in [0, 0.05) is 25.7 Å². The van der Waals surface area contributed by atoms with Crippen LogP contribution in [0.4, 0.5) is 4.79 Å². The Kier molecular flexibility index (Phi) is 4.90. The van der Waals surface area contributed by atoms with Gasteiger partial charge in [-0.3, -0.25) is 9.69 Å². The summed E-state index contributed by atoms with van der Waals surface area (Å²) in [5.74, 6) is 0.337. The van der Waals surface area contributed by atoms with Crippen LogP contribution in [0.25, 0.3) is 0 Å². The molecule has 1 aromatic heterocycles. The molecule has 0 radical (unpaired) electrons. The van der Waals surface area contributed by atoms with E-state index in [4.69, 9.17) is 9.15 Å². The van der Waals surface area contributed by atoms with Crippen molar-refractivity contribution in [1.29, 1.82) is 0 Å². The molecule has 6 nitrogen and oxygen atoms in total. The summed E-state index contributed by atoms with van der Waals surface area (Å²) in [6.07, 6.45) is 1.20. The Labute approximate surface area is 131 Å². The summed E-state index contributed by atoms with van der Waals surface area (Å²) in [6.45, 7) is 9.63. The topological polar surface area (TPSA) is 63.0 Å². The monoisotopic (exact) mass is 308 g/mol. The van der Waals surface area contributed by atoms with Crippen LogP contribution in [-0.2, 0) is 4.74 Å². The van der Waals surface area contributed by atoms with Crippen LogP contribution in [-0.4, -0.2) is 59.5 Å². The van der Waals surface area contributed by atoms with Crippen LogP contribution >= 0.6 is 0 Å². The molecule has 22 heavy (non-hydrogen) atoms. The standard InChI is InChI=1S/C16H24N2O4/c1-12-10-18(15(20)22-16(2,3)4)8-7-17(12)11-13(19)14-6-5-9-21-14/h5-6,9,12H,7-8,10-11H2,1-4H3/t12-/m0/s1. The fourth-order valence-electron chi connectivity index (χ4n) is 2.42. The number of furan rings is 1. The molecule has 0 N–H and O–H groups in total. The number of ether oxygens (including phenoxy) is 1.